The highest BCUT2D eigenvalue weighted by molar-refractivity contribution is 5.91. The van der Waals surface area contributed by atoms with Crippen molar-refractivity contribution >= 4 is 11.9 Å². The van der Waals surface area contributed by atoms with Crippen LogP contribution in [0, 0.1) is 5.92 Å². The van der Waals surface area contributed by atoms with E-state index in [0.717, 1.165) is 11.1 Å². The minimum atomic E-state index is -0.399. The molecule has 0 radical (unpaired) electrons. The number of esters is 2. The molecule has 4 heteroatoms. The van der Waals surface area contributed by atoms with Gasteiger partial charge < -0.3 is 9.47 Å². The first-order valence-electron chi connectivity index (χ1n) is 7.43. The second-order valence-corrected chi connectivity index (χ2v) is 5.26. The van der Waals surface area contributed by atoms with E-state index in [2.05, 4.69) is 0 Å². The number of hydrogen-bond acceptors (Lipinski definition) is 4. The summed E-state index contributed by atoms with van der Waals surface area (Å²) in [5.41, 5.74) is 2.32. The maximum Gasteiger partial charge on any atom is 0.338 e. The van der Waals surface area contributed by atoms with E-state index in [9.17, 15) is 9.59 Å². The molecule has 0 aromatic heterocycles. The fourth-order valence-electron chi connectivity index (χ4n) is 2.58. The Morgan fingerprint density at radius 1 is 0.870 bits per heavy atom. The average Bonchev–Trinajstić information content (AvgIpc) is 2.61. The quantitative estimate of drug-likeness (QED) is 0.769. The molecule has 23 heavy (non-hydrogen) atoms. The van der Waals surface area contributed by atoms with Gasteiger partial charge in [-0.25, -0.2) is 4.79 Å². The fourth-order valence-corrected chi connectivity index (χ4v) is 2.58. The number of ether oxygens (including phenoxy) is 2. The molecular weight excluding hydrogens is 292 g/mol. The predicted molar refractivity (Wildman–Crippen MR) is 87.1 cm³/mol. The molecule has 1 unspecified atom stereocenters. The summed E-state index contributed by atoms with van der Waals surface area (Å²) in [5, 5.41) is 0. The first kappa shape index (κ1) is 16.7. The predicted octanol–water partition coefficient (Wildman–Crippen LogP) is 3.05. The van der Waals surface area contributed by atoms with Crippen LogP contribution < -0.4 is 0 Å². The second-order valence-electron chi connectivity index (χ2n) is 5.26. The summed E-state index contributed by atoms with van der Waals surface area (Å²) in [6, 6.07) is 16.9. The van der Waals surface area contributed by atoms with Crippen molar-refractivity contribution in [1.82, 2.24) is 0 Å². The molecule has 0 fully saturated rings. The van der Waals surface area contributed by atoms with Gasteiger partial charge in [-0.05, 0) is 30.0 Å². The van der Waals surface area contributed by atoms with Gasteiger partial charge >= 0.3 is 11.9 Å². The molecule has 4 nitrogen and oxygen atoms in total. The molecular formula is C19H20O4. The Balaban J connectivity index is 2.25. The molecule has 0 aliphatic carbocycles. The smallest absolute Gasteiger partial charge is 0.338 e. The third-order valence-electron chi connectivity index (χ3n) is 3.75. The zero-order chi connectivity index (χ0) is 16.7. The van der Waals surface area contributed by atoms with Crippen molar-refractivity contribution < 1.29 is 19.1 Å². The second kappa shape index (κ2) is 8.13. The fraction of sp³-hybridized carbons (Fsp3) is 0.263. The Kier molecular flexibility index (Phi) is 5.92. The number of hydrogen-bond donors (Lipinski definition) is 0. The van der Waals surface area contributed by atoms with Crippen LogP contribution in [0.25, 0.3) is 0 Å². The molecule has 0 aliphatic heterocycles. The van der Waals surface area contributed by atoms with Gasteiger partial charge in [0.15, 0.2) is 0 Å². The SMILES string of the molecule is COC(=O)c1ccccc1CC(Cc1ccccc1)C(=O)OC. The zero-order valence-corrected chi connectivity index (χ0v) is 13.3. The summed E-state index contributed by atoms with van der Waals surface area (Å²) in [6.45, 7) is 0. The van der Waals surface area contributed by atoms with Crippen molar-refractivity contribution in [2.24, 2.45) is 5.92 Å². The van der Waals surface area contributed by atoms with Crippen LogP contribution in [0.4, 0.5) is 0 Å². The molecule has 2 rings (SSSR count). The molecule has 0 saturated heterocycles. The van der Waals surface area contributed by atoms with Crippen molar-refractivity contribution in [2.45, 2.75) is 12.8 Å². The number of methoxy groups -OCH3 is 2. The number of carbonyl (C=O) groups is 2. The van der Waals surface area contributed by atoms with E-state index in [4.69, 9.17) is 9.47 Å². The molecule has 0 aliphatic rings. The Hall–Kier alpha value is -2.62. The third-order valence-corrected chi connectivity index (χ3v) is 3.75. The van der Waals surface area contributed by atoms with E-state index < -0.39 is 5.97 Å². The van der Waals surface area contributed by atoms with E-state index in [1.807, 2.05) is 42.5 Å². The molecule has 120 valence electrons. The van der Waals surface area contributed by atoms with E-state index in [0.29, 0.717) is 18.4 Å². The van der Waals surface area contributed by atoms with Gasteiger partial charge in [0.2, 0.25) is 0 Å². The van der Waals surface area contributed by atoms with Crippen molar-refractivity contribution in [2.75, 3.05) is 14.2 Å². The first-order chi connectivity index (χ1) is 11.2. The average molecular weight is 312 g/mol. The summed E-state index contributed by atoms with van der Waals surface area (Å²) in [4.78, 5) is 24.0. The van der Waals surface area contributed by atoms with Gasteiger partial charge in [0.05, 0.1) is 25.7 Å². The summed E-state index contributed by atoms with van der Waals surface area (Å²) in [7, 11) is 2.73. The zero-order valence-electron chi connectivity index (χ0n) is 13.3. The van der Waals surface area contributed by atoms with Crippen LogP contribution in [0.1, 0.15) is 21.5 Å². The molecule has 0 heterocycles. The van der Waals surface area contributed by atoms with Crippen LogP contribution in [0.5, 0.6) is 0 Å². The van der Waals surface area contributed by atoms with Gasteiger partial charge in [-0.15, -0.1) is 0 Å². The van der Waals surface area contributed by atoms with Crippen molar-refractivity contribution in [3.63, 3.8) is 0 Å². The highest BCUT2D eigenvalue weighted by atomic mass is 16.5. The highest BCUT2D eigenvalue weighted by Gasteiger charge is 2.23. The maximum absolute atomic E-state index is 12.1. The minimum absolute atomic E-state index is 0.284. The standard InChI is InChI=1S/C19H20O4/c1-22-18(20)16(12-14-8-4-3-5-9-14)13-15-10-6-7-11-17(15)19(21)23-2/h3-11,16H,12-13H2,1-2H3. The summed E-state index contributed by atoms with van der Waals surface area (Å²) in [6.07, 6.45) is 0.982. The summed E-state index contributed by atoms with van der Waals surface area (Å²) >= 11 is 0. The first-order valence-corrected chi connectivity index (χ1v) is 7.43. The largest absolute Gasteiger partial charge is 0.469 e. The Morgan fingerprint density at radius 3 is 2.17 bits per heavy atom. The molecule has 2 aromatic carbocycles. The number of carbonyl (C=O) groups excluding carboxylic acids is 2. The summed E-state index contributed by atoms with van der Waals surface area (Å²) in [5.74, 6) is -1.04. The third kappa shape index (κ3) is 4.42. The van der Waals surface area contributed by atoms with Crippen molar-refractivity contribution in [3.05, 3.63) is 71.3 Å². The minimum Gasteiger partial charge on any atom is -0.469 e. The van der Waals surface area contributed by atoms with E-state index >= 15 is 0 Å². The van der Waals surface area contributed by atoms with Crippen molar-refractivity contribution in [3.8, 4) is 0 Å². The van der Waals surface area contributed by atoms with Crippen LogP contribution in [0.2, 0.25) is 0 Å². The van der Waals surface area contributed by atoms with Crippen molar-refractivity contribution in [1.29, 1.82) is 0 Å². The highest BCUT2D eigenvalue weighted by Crippen LogP contribution is 2.19. The van der Waals surface area contributed by atoms with Gasteiger partial charge in [-0.3, -0.25) is 4.79 Å². The Labute approximate surface area is 136 Å². The molecule has 0 amide bonds. The Morgan fingerprint density at radius 2 is 1.52 bits per heavy atom. The van der Waals surface area contributed by atoms with Gasteiger partial charge in [-0.2, -0.15) is 0 Å². The monoisotopic (exact) mass is 312 g/mol. The molecule has 0 saturated carbocycles. The van der Waals surface area contributed by atoms with Gasteiger partial charge in [0, 0.05) is 0 Å². The lowest BCUT2D eigenvalue weighted by atomic mass is 9.90. The summed E-state index contributed by atoms with van der Waals surface area (Å²) < 4.78 is 9.74. The molecule has 2 aromatic rings. The van der Waals surface area contributed by atoms with Crippen LogP contribution in [-0.2, 0) is 27.1 Å². The maximum atomic E-state index is 12.1. The van der Waals surface area contributed by atoms with E-state index in [1.165, 1.54) is 14.2 Å². The van der Waals surface area contributed by atoms with Crippen LogP contribution in [0.15, 0.2) is 54.6 Å². The normalized spacial score (nSPS) is 11.6. The Bertz CT molecular complexity index is 664. The molecule has 0 spiro atoms. The van der Waals surface area contributed by atoms with Gasteiger partial charge in [0.25, 0.3) is 0 Å². The lowest BCUT2D eigenvalue weighted by molar-refractivity contribution is -0.145. The lowest BCUT2D eigenvalue weighted by Gasteiger charge is -2.16. The van der Waals surface area contributed by atoms with E-state index in [1.54, 1.807) is 12.1 Å². The van der Waals surface area contributed by atoms with Crippen LogP contribution in [-0.4, -0.2) is 26.2 Å². The molecule has 1 atom stereocenters. The van der Waals surface area contributed by atoms with Gasteiger partial charge in [-0.1, -0.05) is 48.5 Å². The molecule has 0 bridgehead atoms. The lowest BCUT2D eigenvalue weighted by Crippen LogP contribution is -2.22. The number of rotatable bonds is 6. The van der Waals surface area contributed by atoms with Crippen LogP contribution >= 0.6 is 0 Å². The topological polar surface area (TPSA) is 52.6 Å². The van der Waals surface area contributed by atoms with Gasteiger partial charge in [0.1, 0.15) is 0 Å². The molecule has 0 N–H and O–H groups in total. The van der Waals surface area contributed by atoms with Crippen LogP contribution in [0.3, 0.4) is 0 Å². The van der Waals surface area contributed by atoms with E-state index in [-0.39, 0.29) is 11.9 Å². The number of benzene rings is 2.